The molecule has 132 valence electrons. The van der Waals surface area contributed by atoms with Crippen molar-refractivity contribution in [3.05, 3.63) is 58.9 Å². The van der Waals surface area contributed by atoms with Crippen LogP contribution < -0.4 is 10.1 Å². The highest BCUT2D eigenvalue weighted by molar-refractivity contribution is 6.33. The van der Waals surface area contributed by atoms with Crippen LogP contribution in [-0.4, -0.2) is 25.3 Å². The summed E-state index contributed by atoms with van der Waals surface area (Å²) in [5.74, 6) is -1.04. The largest absolute Gasteiger partial charge is 0.435 e. The van der Waals surface area contributed by atoms with Crippen molar-refractivity contribution in [2.45, 2.75) is 6.61 Å². The molecule has 0 aromatic heterocycles. The lowest BCUT2D eigenvalue weighted by Gasteiger charge is -2.06. The number of benzene rings is 2. The zero-order chi connectivity index (χ0) is 18.2. The van der Waals surface area contributed by atoms with E-state index in [1.165, 1.54) is 36.5 Å². The lowest BCUT2D eigenvalue weighted by molar-refractivity contribution is -0.120. The molecular weight excluding hydrogens is 361 g/mol. The molecule has 2 aromatic carbocycles. The Labute approximate surface area is 146 Å². The Bertz CT molecular complexity index is 755. The van der Waals surface area contributed by atoms with Crippen molar-refractivity contribution < 1.29 is 27.5 Å². The molecule has 0 saturated heterocycles. The first-order valence-electron chi connectivity index (χ1n) is 6.89. The van der Waals surface area contributed by atoms with E-state index >= 15 is 0 Å². The van der Waals surface area contributed by atoms with Gasteiger partial charge in [-0.1, -0.05) is 16.8 Å². The molecule has 25 heavy (non-hydrogen) atoms. The molecular formula is C16H12ClF3N2O3. The Balaban J connectivity index is 1.79. The molecule has 0 radical (unpaired) electrons. The van der Waals surface area contributed by atoms with E-state index in [1.807, 2.05) is 0 Å². The number of hydrogen-bond donors (Lipinski definition) is 1. The van der Waals surface area contributed by atoms with Crippen molar-refractivity contribution in [1.82, 2.24) is 0 Å². The van der Waals surface area contributed by atoms with Gasteiger partial charge in [-0.2, -0.15) is 8.78 Å². The molecule has 0 saturated carbocycles. The minimum atomic E-state index is -2.89. The number of oxime groups is 1. The number of amides is 1. The summed E-state index contributed by atoms with van der Waals surface area (Å²) in [6.45, 7) is -3.28. The van der Waals surface area contributed by atoms with Gasteiger partial charge in [0.2, 0.25) is 0 Å². The fourth-order valence-electron chi connectivity index (χ4n) is 1.71. The second kappa shape index (κ2) is 8.93. The van der Waals surface area contributed by atoms with Gasteiger partial charge >= 0.3 is 6.61 Å². The van der Waals surface area contributed by atoms with Gasteiger partial charge in [-0.05, 0) is 48.0 Å². The predicted molar refractivity (Wildman–Crippen MR) is 86.7 cm³/mol. The second-order valence-corrected chi connectivity index (χ2v) is 5.04. The van der Waals surface area contributed by atoms with E-state index in [-0.39, 0.29) is 16.5 Å². The van der Waals surface area contributed by atoms with E-state index < -0.39 is 24.9 Å². The maximum Gasteiger partial charge on any atom is 0.387 e. The van der Waals surface area contributed by atoms with E-state index in [1.54, 1.807) is 0 Å². The van der Waals surface area contributed by atoms with Crippen LogP contribution in [0.1, 0.15) is 5.56 Å². The number of halogens is 4. The van der Waals surface area contributed by atoms with Crippen LogP contribution in [0.15, 0.2) is 47.6 Å². The van der Waals surface area contributed by atoms with Gasteiger partial charge in [0.05, 0.1) is 16.9 Å². The maximum atomic E-state index is 12.9. The van der Waals surface area contributed by atoms with E-state index in [2.05, 4.69) is 15.2 Å². The molecule has 0 bridgehead atoms. The van der Waals surface area contributed by atoms with Crippen LogP contribution in [-0.2, 0) is 9.63 Å². The Morgan fingerprint density at radius 2 is 1.96 bits per heavy atom. The molecule has 1 N–H and O–H groups in total. The predicted octanol–water partition coefficient (Wildman–Crippen LogP) is 4.07. The van der Waals surface area contributed by atoms with Gasteiger partial charge in [-0.25, -0.2) is 4.39 Å². The first kappa shape index (κ1) is 18.6. The number of carbonyl (C=O) groups excluding carboxylic acids is 1. The van der Waals surface area contributed by atoms with E-state index in [4.69, 9.17) is 16.4 Å². The summed E-state index contributed by atoms with van der Waals surface area (Å²) in [5, 5.41) is 6.08. The average Bonchev–Trinajstić information content (AvgIpc) is 2.55. The first-order valence-corrected chi connectivity index (χ1v) is 7.27. The normalized spacial score (nSPS) is 10.9. The minimum Gasteiger partial charge on any atom is -0.435 e. The smallest absolute Gasteiger partial charge is 0.387 e. The average molecular weight is 373 g/mol. The number of rotatable bonds is 7. The fraction of sp³-hybridized carbons (Fsp3) is 0.125. The van der Waals surface area contributed by atoms with Crippen LogP contribution in [0.3, 0.4) is 0 Å². The molecule has 2 rings (SSSR count). The van der Waals surface area contributed by atoms with E-state index in [0.717, 1.165) is 12.1 Å². The van der Waals surface area contributed by atoms with Gasteiger partial charge in [0, 0.05) is 0 Å². The lowest BCUT2D eigenvalue weighted by atomic mass is 10.2. The summed E-state index contributed by atoms with van der Waals surface area (Å²) in [5.41, 5.74) is 0.805. The van der Waals surface area contributed by atoms with Crippen molar-refractivity contribution in [2.75, 3.05) is 11.9 Å². The van der Waals surface area contributed by atoms with Crippen LogP contribution in [0.5, 0.6) is 5.75 Å². The monoisotopic (exact) mass is 372 g/mol. The van der Waals surface area contributed by atoms with Crippen molar-refractivity contribution in [3.63, 3.8) is 0 Å². The Morgan fingerprint density at radius 3 is 2.60 bits per heavy atom. The number of nitrogens with one attached hydrogen (secondary N) is 1. The third-order valence-corrected chi connectivity index (χ3v) is 3.10. The highest BCUT2D eigenvalue weighted by Crippen LogP contribution is 2.22. The second-order valence-electron chi connectivity index (χ2n) is 4.63. The molecule has 2 aromatic rings. The molecule has 9 heteroatoms. The van der Waals surface area contributed by atoms with Crippen LogP contribution >= 0.6 is 11.6 Å². The summed E-state index contributed by atoms with van der Waals surface area (Å²) in [7, 11) is 0. The summed E-state index contributed by atoms with van der Waals surface area (Å²) in [6.07, 6.45) is 1.30. The summed E-state index contributed by atoms with van der Waals surface area (Å²) >= 11 is 5.78. The van der Waals surface area contributed by atoms with Crippen LogP contribution in [0, 0.1) is 5.82 Å². The van der Waals surface area contributed by atoms with E-state index in [9.17, 15) is 18.0 Å². The van der Waals surface area contributed by atoms with Crippen molar-refractivity contribution in [3.8, 4) is 5.75 Å². The molecule has 0 atom stereocenters. The molecule has 0 unspecified atom stereocenters. The van der Waals surface area contributed by atoms with E-state index in [0.29, 0.717) is 5.56 Å². The number of carbonyl (C=O) groups is 1. The topological polar surface area (TPSA) is 59.9 Å². The highest BCUT2D eigenvalue weighted by Gasteiger charge is 2.07. The Kier molecular flexibility index (Phi) is 6.64. The summed E-state index contributed by atoms with van der Waals surface area (Å²) in [6, 6.07) is 9.21. The van der Waals surface area contributed by atoms with Gasteiger partial charge in [-0.3, -0.25) is 4.79 Å². The molecule has 0 spiro atoms. The highest BCUT2D eigenvalue weighted by atomic mass is 35.5. The number of alkyl halides is 2. The van der Waals surface area contributed by atoms with Crippen LogP contribution in [0.2, 0.25) is 5.02 Å². The zero-order valence-electron chi connectivity index (χ0n) is 12.6. The third kappa shape index (κ3) is 6.34. The Morgan fingerprint density at radius 1 is 1.24 bits per heavy atom. The summed E-state index contributed by atoms with van der Waals surface area (Å²) < 4.78 is 41.1. The Hall–Kier alpha value is -2.74. The van der Waals surface area contributed by atoms with Crippen molar-refractivity contribution >= 4 is 29.4 Å². The van der Waals surface area contributed by atoms with Crippen molar-refractivity contribution in [1.29, 1.82) is 0 Å². The molecule has 1 amide bonds. The molecule has 0 aliphatic carbocycles. The number of ether oxygens (including phenoxy) is 1. The standard InChI is InChI=1S/C16H12ClF3N2O3/c17-13-7-11(18)3-6-14(13)22-15(23)9-24-21-8-10-1-4-12(5-2-10)25-16(19)20/h1-8,16H,9H2,(H,22,23)/b21-8-. The molecule has 0 aliphatic heterocycles. The molecule has 5 nitrogen and oxygen atoms in total. The minimum absolute atomic E-state index is 0.0172. The SMILES string of the molecule is O=C(CO/N=C\c1ccc(OC(F)F)cc1)Nc1ccc(F)cc1Cl. The quantitative estimate of drug-likeness (QED) is 0.588. The number of hydrogen-bond acceptors (Lipinski definition) is 4. The lowest BCUT2D eigenvalue weighted by Crippen LogP contribution is -2.17. The van der Waals surface area contributed by atoms with Gasteiger partial charge in [-0.15, -0.1) is 0 Å². The molecule has 0 heterocycles. The van der Waals surface area contributed by atoms with Gasteiger partial charge in [0.25, 0.3) is 5.91 Å². The number of nitrogens with zero attached hydrogens (tertiary/aromatic N) is 1. The summed E-state index contributed by atoms with van der Waals surface area (Å²) in [4.78, 5) is 16.5. The van der Waals surface area contributed by atoms with Gasteiger partial charge in [0.1, 0.15) is 11.6 Å². The first-order chi connectivity index (χ1) is 11.9. The molecule has 0 fully saturated rings. The maximum absolute atomic E-state index is 12.9. The zero-order valence-corrected chi connectivity index (χ0v) is 13.3. The third-order valence-electron chi connectivity index (χ3n) is 2.78. The van der Waals surface area contributed by atoms with Gasteiger partial charge < -0.3 is 14.9 Å². The van der Waals surface area contributed by atoms with Crippen LogP contribution in [0.4, 0.5) is 18.9 Å². The van der Waals surface area contributed by atoms with Crippen LogP contribution in [0.25, 0.3) is 0 Å². The van der Waals surface area contributed by atoms with Gasteiger partial charge in [0.15, 0.2) is 6.61 Å². The number of anilines is 1. The van der Waals surface area contributed by atoms with Crippen molar-refractivity contribution in [2.24, 2.45) is 5.16 Å². The fourth-order valence-corrected chi connectivity index (χ4v) is 1.92. The molecule has 0 aliphatic rings.